The van der Waals surface area contributed by atoms with Gasteiger partial charge in [-0.2, -0.15) is 11.8 Å². The maximum Gasteiger partial charge on any atom is 0.0680 e. The van der Waals surface area contributed by atoms with Crippen molar-refractivity contribution >= 4 is 46.1 Å². The predicted octanol–water partition coefficient (Wildman–Crippen LogP) is 2.62. The van der Waals surface area contributed by atoms with Crippen molar-refractivity contribution in [3.8, 4) is 0 Å². The molecule has 0 aromatic rings. The Hall–Kier alpha value is 1.43. The van der Waals surface area contributed by atoms with Crippen LogP contribution in [-0.2, 0) is 0 Å². The van der Waals surface area contributed by atoms with E-state index in [-0.39, 0.29) is 0 Å². The van der Waals surface area contributed by atoms with Crippen molar-refractivity contribution in [2.75, 3.05) is 11.5 Å². The van der Waals surface area contributed by atoms with E-state index in [1.165, 1.54) is 11.5 Å². The van der Waals surface area contributed by atoms with Crippen LogP contribution in [-0.4, -0.2) is 20.0 Å². The topological polar surface area (TPSA) is 0 Å². The average Bonchev–Trinajstić information content (AvgIpc) is 1.77. The number of halogens is 1. The Morgan fingerprint density at radius 2 is 2.00 bits per heavy atom. The summed E-state index contributed by atoms with van der Waals surface area (Å²) in [6, 6.07) is 0. The molecule has 1 saturated heterocycles. The highest BCUT2D eigenvalue weighted by Crippen LogP contribution is 2.34. The zero-order valence-corrected chi connectivity index (χ0v) is 8.55. The van der Waals surface area contributed by atoms with Gasteiger partial charge in [-0.25, -0.2) is 0 Å². The quantitative estimate of drug-likeness (QED) is 0.485. The smallest absolute Gasteiger partial charge is 0.0680 e. The van der Waals surface area contributed by atoms with Crippen molar-refractivity contribution in [1.82, 2.24) is 0 Å². The second-order valence-corrected chi connectivity index (χ2v) is 6.72. The van der Waals surface area contributed by atoms with E-state index in [9.17, 15) is 0 Å². The van der Waals surface area contributed by atoms with Gasteiger partial charge < -0.3 is 0 Å². The molecule has 48 valence electrons. The molecule has 8 heavy (non-hydrogen) atoms. The van der Waals surface area contributed by atoms with Crippen LogP contribution in [0.15, 0.2) is 0 Å². The van der Waals surface area contributed by atoms with Crippen molar-refractivity contribution in [2.24, 2.45) is 0 Å². The lowest BCUT2D eigenvalue weighted by molar-refractivity contribution is 1.09. The van der Waals surface area contributed by atoms with Gasteiger partial charge in [0, 0.05) is 16.8 Å². The third-order valence-corrected chi connectivity index (χ3v) is 6.59. The van der Waals surface area contributed by atoms with Gasteiger partial charge in [-0.3, -0.25) is 0 Å². The summed E-state index contributed by atoms with van der Waals surface area (Å²) in [6.45, 7) is 2.31. The van der Waals surface area contributed by atoms with Gasteiger partial charge in [0.25, 0.3) is 0 Å². The normalized spacial score (nSPS) is 39.8. The first kappa shape index (κ1) is 7.54. The first-order valence-electron chi connectivity index (χ1n) is 2.68. The molecule has 2 unspecified atom stereocenters. The van der Waals surface area contributed by atoms with Gasteiger partial charge in [0.2, 0.25) is 0 Å². The minimum atomic E-state index is 0.853. The third-order valence-electron chi connectivity index (χ3n) is 1.11. The van der Waals surface area contributed by atoms with Gasteiger partial charge in [0.05, 0.1) is 3.26 Å². The fourth-order valence-electron chi connectivity index (χ4n) is 0.606. The van der Waals surface area contributed by atoms with Crippen molar-refractivity contribution in [2.45, 2.75) is 15.4 Å². The summed E-state index contributed by atoms with van der Waals surface area (Å²) in [4.78, 5) is 0. The summed E-state index contributed by atoms with van der Waals surface area (Å²) >= 11 is 6.71. The predicted molar refractivity (Wildman–Crippen MR) is 52.2 cm³/mol. The number of hydrogen-bond acceptors (Lipinski definition) is 2. The van der Waals surface area contributed by atoms with Crippen LogP contribution in [0.5, 0.6) is 0 Å². The molecule has 1 heterocycles. The molecule has 2 atom stereocenters. The molecule has 0 aliphatic carbocycles. The molecule has 0 amide bonds. The molecule has 1 aliphatic rings. The van der Waals surface area contributed by atoms with Gasteiger partial charge in [0.1, 0.15) is 0 Å². The van der Waals surface area contributed by atoms with Gasteiger partial charge in [0.15, 0.2) is 0 Å². The minimum Gasteiger partial charge on any atom is -0.156 e. The van der Waals surface area contributed by atoms with Crippen LogP contribution in [0.1, 0.15) is 6.92 Å². The number of hydrogen-bond donors (Lipinski definition) is 0. The van der Waals surface area contributed by atoms with E-state index in [1.807, 2.05) is 0 Å². The fourth-order valence-corrected chi connectivity index (χ4v) is 4.25. The Morgan fingerprint density at radius 1 is 1.38 bits per heavy atom. The lowest BCUT2D eigenvalue weighted by atomic mass is 10.6. The van der Waals surface area contributed by atoms with Crippen LogP contribution in [0.25, 0.3) is 0 Å². The molecule has 3 heteroatoms. The van der Waals surface area contributed by atoms with E-state index >= 15 is 0 Å². The minimum absolute atomic E-state index is 0.853. The molecular weight excluding hydrogens is 251 g/mol. The largest absolute Gasteiger partial charge is 0.156 e. The van der Waals surface area contributed by atoms with E-state index in [2.05, 4.69) is 53.0 Å². The van der Waals surface area contributed by atoms with Gasteiger partial charge in [-0.15, -0.1) is 11.8 Å². The fraction of sp³-hybridized carbons (Fsp3) is 1.00. The highest BCUT2D eigenvalue weighted by Gasteiger charge is 2.18. The molecule has 0 aromatic heterocycles. The van der Waals surface area contributed by atoms with Crippen LogP contribution >= 0.6 is 46.1 Å². The standard InChI is InChI=1S/C5H9IS2/c1-4-5(6)8-3-2-7-4/h4-5H,2-3H2,1H3. The molecule has 0 saturated carbocycles. The highest BCUT2D eigenvalue weighted by molar-refractivity contribution is 14.1. The maximum atomic E-state index is 2.52. The highest BCUT2D eigenvalue weighted by atomic mass is 127. The zero-order chi connectivity index (χ0) is 5.98. The molecule has 0 nitrogen and oxygen atoms in total. The molecular formula is C5H9IS2. The van der Waals surface area contributed by atoms with Crippen LogP contribution in [0.3, 0.4) is 0 Å². The van der Waals surface area contributed by atoms with Crippen LogP contribution in [0, 0.1) is 0 Å². The van der Waals surface area contributed by atoms with Gasteiger partial charge in [-0.05, 0) is 0 Å². The first-order chi connectivity index (χ1) is 3.80. The zero-order valence-electron chi connectivity index (χ0n) is 4.76. The second kappa shape index (κ2) is 3.56. The Morgan fingerprint density at radius 3 is 2.38 bits per heavy atom. The molecule has 1 aliphatic heterocycles. The van der Waals surface area contributed by atoms with Crippen molar-refractivity contribution in [1.29, 1.82) is 0 Å². The van der Waals surface area contributed by atoms with E-state index in [0.717, 1.165) is 8.51 Å². The molecule has 1 rings (SSSR count). The molecule has 0 radical (unpaired) electrons. The van der Waals surface area contributed by atoms with Crippen LogP contribution < -0.4 is 0 Å². The summed E-state index contributed by atoms with van der Waals surface area (Å²) in [5, 5.41) is 0.870. The maximum absolute atomic E-state index is 2.52. The monoisotopic (exact) mass is 260 g/mol. The molecule has 1 fully saturated rings. The second-order valence-electron chi connectivity index (χ2n) is 1.80. The summed E-state index contributed by atoms with van der Waals surface area (Å²) in [5.41, 5.74) is 0. The van der Waals surface area contributed by atoms with E-state index < -0.39 is 0 Å². The van der Waals surface area contributed by atoms with E-state index in [4.69, 9.17) is 0 Å². The Bertz CT molecular complexity index is 66.8. The summed E-state index contributed by atoms with van der Waals surface area (Å²) in [5.74, 6) is 2.70. The van der Waals surface area contributed by atoms with Crippen molar-refractivity contribution in [3.63, 3.8) is 0 Å². The van der Waals surface area contributed by atoms with Crippen molar-refractivity contribution < 1.29 is 0 Å². The molecule has 0 N–H and O–H groups in total. The van der Waals surface area contributed by atoms with Crippen LogP contribution in [0.2, 0.25) is 0 Å². The first-order valence-corrected chi connectivity index (χ1v) is 6.02. The lowest BCUT2D eigenvalue weighted by Crippen LogP contribution is -2.16. The lowest BCUT2D eigenvalue weighted by Gasteiger charge is -2.22. The van der Waals surface area contributed by atoms with Crippen LogP contribution in [0.4, 0.5) is 0 Å². The van der Waals surface area contributed by atoms with Gasteiger partial charge in [-0.1, -0.05) is 29.5 Å². The number of rotatable bonds is 0. The molecule has 0 aromatic carbocycles. The summed E-state index contributed by atoms with van der Waals surface area (Å²) in [7, 11) is 0. The van der Waals surface area contributed by atoms with Gasteiger partial charge >= 0.3 is 0 Å². The number of alkyl halides is 1. The van der Waals surface area contributed by atoms with E-state index in [0.29, 0.717) is 0 Å². The Kier molecular flexibility index (Phi) is 3.36. The SMILES string of the molecule is CC1SCCSC1I. The molecule has 0 bridgehead atoms. The Balaban J connectivity index is 2.28. The van der Waals surface area contributed by atoms with Crippen molar-refractivity contribution in [3.05, 3.63) is 0 Å². The summed E-state index contributed by atoms with van der Waals surface area (Å²) < 4.78 is 0.853. The summed E-state index contributed by atoms with van der Waals surface area (Å²) in [6.07, 6.45) is 0. The number of thioether (sulfide) groups is 2. The van der Waals surface area contributed by atoms with E-state index in [1.54, 1.807) is 0 Å². The average molecular weight is 260 g/mol. The third kappa shape index (κ3) is 1.99. The Labute approximate surface area is 72.7 Å². The molecule has 0 spiro atoms.